The first-order valence-electron chi connectivity index (χ1n) is 6.20. The van der Waals surface area contributed by atoms with Gasteiger partial charge in [0.1, 0.15) is 5.82 Å². The van der Waals surface area contributed by atoms with Crippen molar-refractivity contribution in [2.45, 2.75) is 24.9 Å². The van der Waals surface area contributed by atoms with Crippen LogP contribution < -0.4 is 0 Å². The molecule has 20 heavy (non-hydrogen) atoms. The van der Waals surface area contributed by atoms with Gasteiger partial charge in [-0.2, -0.15) is 13.2 Å². The minimum atomic E-state index is -4.51. The number of carbonyl (C=O) groups is 1. The van der Waals surface area contributed by atoms with E-state index in [0.29, 0.717) is 12.8 Å². The largest absolute Gasteiger partial charge is 0.416 e. The maximum absolute atomic E-state index is 13.2. The minimum absolute atomic E-state index is 0.0402. The summed E-state index contributed by atoms with van der Waals surface area (Å²) in [7, 11) is 5.12. The normalized spacial score (nSPS) is 17.3. The van der Waals surface area contributed by atoms with Gasteiger partial charge >= 0.3 is 6.18 Å². The third-order valence-corrected chi connectivity index (χ3v) is 3.57. The van der Waals surface area contributed by atoms with Gasteiger partial charge in [0, 0.05) is 13.1 Å². The molecule has 1 heterocycles. The zero-order chi connectivity index (χ0) is 14.9. The van der Waals surface area contributed by atoms with Gasteiger partial charge in [0.05, 0.1) is 5.56 Å². The molecule has 0 unspecified atom stereocenters. The van der Waals surface area contributed by atoms with E-state index < -0.39 is 29.3 Å². The van der Waals surface area contributed by atoms with Crippen LogP contribution in [0, 0.1) is 5.82 Å². The Labute approximate surface area is 115 Å². The number of hydrogen-bond acceptors (Lipinski definition) is 1. The molecule has 2 rings (SSSR count). The third kappa shape index (κ3) is 3.14. The van der Waals surface area contributed by atoms with Crippen LogP contribution in [0.15, 0.2) is 18.2 Å². The lowest BCUT2D eigenvalue weighted by atomic mass is 9.85. The van der Waals surface area contributed by atoms with E-state index in [4.69, 9.17) is 7.85 Å². The van der Waals surface area contributed by atoms with Gasteiger partial charge in [-0.15, -0.1) is 0 Å². The van der Waals surface area contributed by atoms with Crippen LogP contribution in [-0.4, -0.2) is 31.6 Å². The monoisotopic (exact) mass is 285 g/mol. The van der Waals surface area contributed by atoms with Crippen LogP contribution in [-0.2, 0) is 6.18 Å². The predicted octanol–water partition coefficient (Wildman–Crippen LogP) is 3.31. The topological polar surface area (TPSA) is 20.3 Å². The molecule has 1 aromatic carbocycles. The van der Waals surface area contributed by atoms with Gasteiger partial charge in [-0.05, 0) is 42.5 Å². The van der Waals surface area contributed by atoms with Crippen LogP contribution in [0.3, 0.4) is 0 Å². The summed E-state index contributed by atoms with van der Waals surface area (Å²) in [5.74, 6) is -1.69. The molecule has 1 saturated heterocycles. The first kappa shape index (κ1) is 14.9. The molecule has 0 aliphatic carbocycles. The van der Waals surface area contributed by atoms with E-state index in [2.05, 4.69) is 0 Å². The van der Waals surface area contributed by atoms with Crippen molar-refractivity contribution in [3.05, 3.63) is 35.1 Å². The zero-order valence-electron chi connectivity index (χ0n) is 10.6. The standard InChI is InChI=1S/C13H12BF4NO/c14-12(20)19-5-3-8(4-6-19)10-7-9(15)1-2-11(10)13(16,17)18/h1-2,7-8H,3-6H2. The average Bonchev–Trinajstić information content (AvgIpc) is 2.37. The molecule has 0 aromatic heterocycles. The highest BCUT2D eigenvalue weighted by molar-refractivity contribution is 6.56. The van der Waals surface area contributed by atoms with Crippen molar-refractivity contribution < 1.29 is 22.4 Å². The smallest absolute Gasteiger partial charge is 0.353 e. The van der Waals surface area contributed by atoms with Gasteiger partial charge in [0.2, 0.25) is 7.85 Å². The van der Waals surface area contributed by atoms with E-state index >= 15 is 0 Å². The van der Waals surface area contributed by atoms with Crippen LogP contribution in [0.1, 0.15) is 29.9 Å². The molecule has 2 nitrogen and oxygen atoms in total. The van der Waals surface area contributed by atoms with Gasteiger partial charge < -0.3 is 4.90 Å². The van der Waals surface area contributed by atoms with E-state index in [1.54, 1.807) is 0 Å². The van der Waals surface area contributed by atoms with Crippen LogP contribution in [0.25, 0.3) is 0 Å². The van der Waals surface area contributed by atoms with Crippen molar-refractivity contribution in [3.8, 4) is 0 Å². The van der Waals surface area contributed by atoms with Gasteiger partial charge in [0.15, 0.2) is 5.81 Å². The molecule has 0 saturated carbocycles. The summed E-state index contributed by atoms with van der Waals surface area (Å²) in [6.07, 6.45) is -3.82. The fraction of sp³-hybridized carbons (Fsp3) is 0.462. The molecule has 0 bridgehead atoms. The molecule has 1 aliphatic heterocycles. The Morgan fingerprint density at radius 2 is 1.85 bits per heavy atom. The van der Waals surface area contributed by atoms with E-state index in [-0.39, 0.29) is 18.7 Å². The number of hydrogen-bond donors (Lipinski definition) is 0. The number of alkyl halides is 3. The number of likely N-dealkylation sites (tertiary alicyclic amines) is 1. The van der Waals surface area contributed by atoms with Gasteiger partial charge in [-0.1, -0.05) is 0 Å². The highest BCUT2D eigenvalue weighted by atomic mass is 19.4. The Bertz CT molecular complexity index is 510. The lowest BCUT2D eigenvalue weighted by Gasteiger charge is -2.33. The number of benzene rings is 1. The molecule has 1 fully saturated rings. The highest BCUT2D eigenvalue weighted by Gasteiger charge is 2.36. The lowest BCUT2D eigenvalue weighted by molar-refractivity contribution is -0.138. The number of amides is 1. The fourth-order valence-electron chi connectivity index (χ4n) is 2.54. The number of carbonyl (C=O) groups excluding carboxylic acids is 1. The molecule has 7 heteroatoms. The van der Waals surface area contributed by atoms with E-state index in [0.717, 1.165) is 18.2 Å². The number of nitrogens with zero attached hydrogens (tertiary/aromatic N) is 1. The summed E-state index contributed by atoms with van der Waals surface area (Å²) in [5, 5.41) is 0. The molecule has 106 valence electrons. The van der Waals surface area contributed by atoms with Crippen molar-refractivity contribution in [2.24, 2.45) is 0 Å². The third-order valence-electron chi connectivity index (χ3n) is 3.57. The maximum atomic E-state index is 13.2. The minimum Gasteiger partial charge on any atom is -0.353 e. The second kappa shape index (κ2) is 5.46. The van der Waals surface area contributed by atoms with E-state index in [9.17, 15) is 22.4 Å². The van der Waals surface area contributed by atoms with Crippen molar-refractivity contribution in [1.82, 2.24) is 4.90 Å². The van der Waals surface area contributed by atoms with Gasteiger partial charge in [-0.3, -0.25) is 4.79 Å². The summed E-state index contributed by atoms with van der Waals surface area (Å²) >= 11 is 0. The van der Waals surface area contributed by atoms with Crippen molar-refractivity contribution in [3.63, 3.8) is 0 Å². The lowest BCUT2D eigenvalue weighted by Crippen LogP contribution is -2.37. The number of rotatable bonds is 1. The molecule has 0 atom stereocenters. The molecule has 1 aromatic rings. The SMILES string of the molecule is [B]C(=O)N1CCC(c2cc(F)ccc2C(F)(F)F)CC1. The molecule has 2 radical (unpaired) electrons. The van der Waals surface area contributed by atoms with E-state index in [1.807, 2.05) is 0 Å². The zero-order valence-corrected chi connectivity index (χ0v) is 10.6. The van der Waals surface area contributed by atoms with Crippen molar-refractivity contribution in [1.29, 1.82) is 0 Å². The summed E-state index contributed by atoms with van der Waals surface area (Å²) in [4.78, 5) is 12.4. The Hall–Kier alpha value is -1.53. The van der Waals surface area contributed by atoms with Crippen molar-refractivity contribution >= 4 is 13.7 Å². The molecule has 1 aliphatic rings. The predicted molar refractivity (Wildman–Crippen MR) is 66.1 cm³/mol. The Morgan fingerprint density at radius 1 is 1.25 bits per heavy atom. The summed E-state index contributed by atoms with van der Waals surface area (Å²) in [5.41, 5.74) is -0.849. The summed E-state index contributed by atoms with van der Waals surface area (Å²) in [6, 6.07) is 2.52. The van der Waals surface area contributed by atoms with Crippen LogP contribution >= 0.6 is 0 Å². The van der Waals surface area contributed by atoms with Gasteiger partial charge in [0.25, 0.3) is 0 Å². The number of halogens is 4. The average molecular weight is 285 g/mol. The Morgan fingerprint density at radius 3 is 2.35 bits per heavy atom. The summed E-state index contributed by atoms with van der Waals surface area (Å²) in [6.45, 7) is 0.571. The van der Waals surface area contributed by atoms with Crippen LogP contribution in [0.4, 0.5) is 22.4 Å². The molecule has 1 amide bonds. The summed E-state index contributed by atoms with van der Waals surface area (Å²) < 4.78 is 52.0. The van der Waals surface area contributed by atoms with Crippen LogP contribution in [0.2, 0.25) is 0 Å². The first-order valence-corrected chi connectivity index (χ1v) is 6.20. The van der Waals surface area contributed by atoms with Crippen molar-refractivity contribution in [2.75, 3.05) is 13.1 Å². The number of piperidine rings is 1. The second-order valence-electron chi connectivity index (χ2n) is 4.83. The fourth-order valence-corrected chi connectivity index (χ4v) is 2.54. The second-order valence-corrected chi connectivity index (χ2v) is 4.83. The quantitative estimate of drug-likeness (QED) is 0.572. The maximum Gasteiger partial charge on any atom is 0.416 e. The highest BCUT2D eigenvalue weighted by Crippen LogP contribution is 2.39. The van der Waals surface area contributed by atoms with E-state index in [1.165, 1.54) is 4.90 Å². The molecular weight excluding hydrogens is 273 g/mol. The molecular formula is C13H12BF4NO. The van der Waals surface area contributed by atoms with Gasteiger partial charge in [-0.25, -0.2) is 4.39 Å². The molecule has 0 N–H and O–H groups in total. The Balaban J connectivity index is 2.25. The van der Waals surface area contributed by atoms with Crippen LogP contribution in [0.5, 0.6) is 0 Å². The Kier molecular flexibility index (Phi) is 4.06. The molecule has 0 spiro atoms. The first-order chi connectivity index (χ1) is 9.29.